The van der Waals surface area contributed by atoms with E-state index in [1.54, 1.807) is 19.4 Å². The average molecular weight is 278 g/mol. The van der Waals surface area contributed by atoms with E-state index in [9.17, 15) is 0 Å². The van der Waals surface area contributed by atoms with Crippen LogP contribution >= 0.6 is 0 Å². The van der Waals surface area contributed by atoms with Crippen molar-refractivity contribution >= 4 is 0 Å². The molecular weight excluding hydrogens is 259 g/mol. The van der Waals surface area contributed by atoms with Gasteiger partial charge in [0, 0.05) is 0 Å². The standard InChI is InChI=1S/C7H9.C5H5.C2H4.Zr/c1-6-3-4-7(2)5-6;1-2-4-5-3-1;1-2;/h5H,3H2,1-2H3;1-3H,4H2;1-2H2;. The molecule has 0 aromatic carbocycles. The summed E-state index contributed by atoms with van der Waals surface area (Å²) in [4.78, 5) is 0. The third kappa shape index (κ3) is 1.51. The molecule has 0 aromatic rings. The maximum absolute atomic E-state index is 2.44. The summed E-state index contributed by atoms with van der Waals surface area (Å²) in [5, 5.41) is 0. The number of hydrogen-bond acceptors (Lipinski definition) is 0. The number of rotatable bonds is 2. The van der Waals surface area contributed by atoms with Gasteiger partial charge in [-0.3, -0.25) is 0 Å². The van der Waals surface area contributed by atoms with Gasteiger partial charge in [-0.2, -0.15) is 0 Å². The Kier molecular flexibility index (Phi) is 2.29. The molecular formula is C14H18Zr. The summed E-state index contributed by atoms with van der Waals surface area (Å²) in [5.41, 5.74) is 3.23. The molecule has 3 aliphatic rings. The van der Waals surface area contributed by atoms with Crippen LogP contribution in [0.1, 0.15) is 26.7 Å². The van der Waals surface area contributed by atoms with E-state index in [0.29, 0.717) is 0 Å². The molecule has 0 amide bonds. The molecule has 78 valence electrons. The first-order chi connectivity index (χ1) is 7.22. The van der Waals surface area contributed by atoms with Gasteiger partial charge in [0.2, 0.25) is 0 Å². The van der Waals surface area contributed by atoms with Crippen LogP contribution < -0.4 is 0 Å². The summed E-state index contributed by atoms with van der Waals surface area (Å²) >= 11 is -1.86. The van der Waals surface area contributed by atoms with Gasteiger partial charge in [-0.25, -0.2) is 0 Å². The Morgan fingerprint density at radius 2 is 2.00 bits per heavy atom. The van der Waals surface area contributed by atoms with E-state index >= 15 is 0 Å². The van der Waals surface area contributed by atoms with Crippen molar-refractivity contribution in [2.75, 3.05) is 0 Å². The first-order valence-electron chi connectivity index (χ1n) is 5.96. The van der Waals surface area contributed by atoms with Crippen LogP contribution in [0, 0.1) is 0 Å². The van der Waals surface area contributed by atoms with Crippen molar-refractivity contribution in [1.82, 2.24) is 0 Å². The second-order valence-electron chi connectivity index (χ2n) is 5.24. The Hall–Kier alpha value is -0.157. The van der Waals surface area contributed by atoms with Gasteiger partial charge in [0.15, 0.2) is 0 Å². The van der Waals surface area contributed by atoms with Crippen LogP contribution in [0.4, 0.5) is 0 Å². The van der Waals surface area contributed by atoms with E-state index in [-0.39, 0.29) is 0 Å². The van der Waals surface area contributed by atoms with Gasteiger partial charge in [-0.05, 0) is 0 Å². The Morgan fingerprint density at radius 3 is 2.47 bits per heavy atom. The third-order valence-electron chi connectivity index (χ3n) is 4.11. The molecule has 0 aromatic heterocycles. The molecule has 1 fully saturated rings. The predicted molar refractivity (Wildman–Crippen MR) is 62.5 cm³/mol. The summed E-state index contributed by atoms with van der Waals surface area (Å²) in [5.74, 6) is 0. The van der Waals surface area contributed by atoms with Crippen molar-refractivity contribution in [3.05, 3.63) is 42.0 Å². The van der Waals surface area contributed by atoms with Crippen LogP contribution in [0.15, 0.2) is 42.0 Å². The normalized spacial score (nSPS) is 27.1. The molecule has 0 atom stereocenters. The third-order valence-corrected chi connectivity index (χ3v) is 16.0. The molecule has 0 nitrogen and oxygen atoms in total. The molecule has 15 heavy (non-hydrogen) atoms. The van der Waals surface area contributed by atoms with Gasteiger partial charge in [0.25, 0.3) is 0 Å². The van der Waals surface area contributed by atoms with E-state index in [2.05, 4.69) is 38.2 Å². The molecule has 0 saturated carbocycles. The molecule has 2 aliphatic carbocycles. The first-order valence-corrected chi connectivity index (χ1v) is 11.9. The molecule has 0 spiro atoms. The van der Waals surface area contributed by atoms with Crippen LogP contribution in [0.2, 0.25) is 8.26 Å². The molecule has 0 unspecified atom stereocenters. The van der Waals surface area contributed by atoms with Crippen LogP contribution in [0.25, 0.3) is 0 Å². The number of hydrogen-bond donors (Lipinski definition) is 0. The fourth-order valence-electron chi connectivity index (χ4n) is 3.22. The predicted octanol–water partition coefficient (Wildman–Crippen LogP) is 4.46. The monoisotopic (exact) mass is 276 g/mol. The van der Waals surface area contributed by atoms with E-state index < -0.39 is 20.3 Å². The zero-order chi connectivity index (χ0) is 10.5. The van der Waals surface area contributed by atoms with Gasteiger partial charge < -0.3 is 0 Å². The van der Waals surface area contributed by atoms with Crippen molar-refractivity contribution in [2.24, 2.45) is 0 Å². The zero-order valence-corrected chi connectivity index (χ0v) is 12.1. The van der Waals surface area contributed by atoms with E-state index in [1.165, 1.54) is 12.8 Å². The van der Waals surface area contributed by atoms with Crippen LogP contribution in [-0.4, -0.2) is 0 Å². The first kappa shape index (κ1) is 10.0. The van der Waals surface area contributed by atoms with Crippen molar-refractivity contribution in [3.63, 3.8) is 0 Å². The van der Waals surface area contributed by atoms with Gasteiger partial charge in [-0.1, -0.05) is 0 Å². The summed E-state index contributed by atoms with van der Waals surface area (Å²) in [6.07, 6.45) is 12.1. The van der Waals surface area contributed by atoms with Gasteiger partial charge in [0.1, 0.15) is 0 Å². The van der Waals surface area contributed by atoms with Crippen molar-refractivity contribution < 1.29 is 20.3 Å². The quantitative estimate of drug-likeness (QED) is 0.699. The van der Waals surface area contributed by atoms with Gasteiger partial charge in [-0.15, -0.1) is 0 Å². The van der Waals surface area contributed by atoms with E-state index in [4.69, 9.17) is 0 Å². The molecule has 1 saturated heterocycles. The minimum atomic E-state index is -1.86. The molecule has 0 N–H and O–H groups in total. The Labute approximate surface area is 96.9 Å². The van der Waals surface area contributed by atoms with Crippen LogP contribution in [0.3, 0.4) is 0 Å². The van der Waals surface area contributed by atoms with E-state index in [0.717, 1.165) is 0 Å². The summed E-state index contributed by atoms with van der Waals surface area (Å²) < 4.78 is 6.99. The average Bonchev–Trinajstić information content (AvgIpc) is 2.68. The fourth-order valence-corrected chi connectivity index (χ4v) is 17.3. The second kappa shape index (κ2) is 3.42. The molecule has 0 radical (unpaired) electrons. The summed E-state index contributed by atoms with van der Waals surface area (Å²) in [6, 6.07) is 0. The maximum atomic E-state index is 2.44. The summed E-state index contributed by atoms with van der Waals surface area (Å²) in [6.45, 7) is 4.63. The molecule has 3 rings (SSSR count). The van der Waals surface area contributed by atoms with Gasteiger partial charge >= 0.3 is 97.2 Å². The molecule has 0 bridgehead atoms. The van der Waals surface area contributed by atoms with Crippen LogP contribution in [0.5, 0.6) is 0 Å². The molecule has 1 heterocycles. The number of allylic oxidation sites excluding steroid dienone is 8. The van der Waals surface area contributed by atoms with Crippen molar-refractivity contribution in [3.8, 4) is 0 Å². The minimum absolute atomic E-state index is 1.28. The van der Waals surface area contributed by atoms with Crippen LogP contribution in [-0.2, 0) is 20.3 Å². The fraction of sp³-hybridized carbons (Fsp3) is 0.429. The molecule has 1 heteroatoms. The second-order valence-corrected chi connectivity index (χ2v) is 16.1. The zero-order valence-electron chi connectivity index (χ0n) is 9.64. The van der Waals surface area contributed by atoms with Gasteiger partial charge in [0.05, 0.1) is 0 Å². The topological polar surface area (TPSA) is 0 Å². The Bertz CT molecular complexity index is 428. The van der Waals surface area contributed by atoms with Crippen molar-refractivity contribution in [2.45, 2.75) is 34.9 Å². The SMILES string of the molecule is CC1=CC(C)=[C]([Zr]2([C]3=CC=CC3)[CH2][CH2]2)C1. The van der Waals surface area contributed by atoms with Crippen molar-refractivity contribution in [1.29, 1.82) is 0 Å². The Morgan fingerprint density at radius 1 is 1.20 bits per heavy atom. The Balaban J connectivity index is 1.93. The molecule has 1 aliphatic heterocycles. The summed E-state index contributed by atoms with van der Waals surface area (Å²) in [7, 11) is 0. The van der Waals surface area contributed by atoms with E-state index in [1.807, 2.05) is 6.56 Å².